The van der Waals surface area contributed by atoms with E-state index < -0.39 is 45.1 Å². The van der Waals surface area contributed by atoms with E-state index in [1.54, 1.807) is 0 Å². The van der Waals surface area contributed by atoms with Gasteiger partial charge in [-0.25, -0.2) is 0 Å². The number of hydrogen-bond donors (Lipinski definition) is 2. The highest BCUT2D eigenvalue weighted by Gasteiger charge is 2.71. The fourth-order valence-corrected chi connectivity index (χ4v) is 27.8. The molecule has 22 fully saturated rings. The second kappa shape index (κ2) is 42.9. The van der Waals surface area contributed by atoms with E-state index in [9.17, 15) is 48.6 Å². The van der Waals surface area contributed by atoms with E-state index >= 15 is 0 Å². The fourth-order valence-electron chi connectivity index (χ4n) is 27.8. The van der Waals surface area contributed by atoms with Gasteiger partial charge in [0.05, 0.1) is 61.6 Å². The molecule has 4 aliphatic heterocycles. The van der Waals surface area contributed by atoms with E-state index in [0.717, 1.165) is 157 Å². The van der Waals surface area contributed by atoms with Crippen molar-refractivity contribution in [3.63, 3.8) is 0 Å². The van der Waals surface area contributed by atoms with Gasteiger partial charge in [0.2, 0.25) is 0 Å². The van der Waals surface area contributed by atoms with Crippen LogP contribution in [0.1, 0.15) is 439 Å². The largest absolute Gasteiger partial charge is 0.459 e. The quantitative estimate of drug-likeness (QED) is 0.0652. The van der Waals surface area contributed by atoms with Gasteiger partial charge in [0.25, 0.3) is 0 Å². The van der Waals surface area contributed by atoms with Crippen molar-refractivity contribution in [3.05, 3.63) is 0 Å². The van der Waals surface area contributed by atoms with E-state index in [2.05, 4.69) is 27.7 Å². The normalized spacial score (nSPS) is 39.8. The van der Waals surface area contributed by atoms with E-state index in [1.165, 1.54) is 70.6 Å². The smallest absolute Gasteiger partial charge is 0.312 e. The Hall–Kier alpha value is -4.36. The summed E-state index contributed by atoms with van der Waals surface area (Å²) in [6, 6.07) is 0. The van der Waals surface area contributed by atoms with Crippen molar-refractivity contribution in [1.29, 1.82) is 0 Å². The first-order valence-electron chi connectivity index (χ1n) is 47.1. The maximum absolute atomic E-state index is 12.7. The van der Waals surface area contributed by atoms with Crippen LogP contribution in [0.15, 0.2) is 0 Å². The van der Waals surface area contributed by atoms with Crippen molar-refractivity contribution >= 4 is 47.8 Å². The average Bonchev–Trinajstić information content (AvgIpc) is 1.53. The molecule has 20 bridgehead atoms. The Bertz CT molecular complexity index is 3480. The van der Waals surface area contributed by atoms with Crippen molar-refractivity contribution in [3.8, 4) is 0 Å². The van der Waals surface area contributed by atoms with Crippen molar-refractivity contribution < 1.29 is 91.2 Å². The molecule has 18 aliphatic carbocycles. The zero-order chi connectivity index (χ0) is 84.2. The van der Waals surface area contributed by atoms with E-state index in [4.69, 9.17) is 42.6 Å². The monoisotopic (exact) mass is 1810 g/mol. The Labute approximate surface area is 783 Å². The molecule has 4 heterocycles. The zero-order valence-corrected chi connectivity index (χ0v) is 75.0. The fraction of sp³-hybridized carbons (Fsp3) is 0.927. The van der Waals surface area contributed by atoms with Crippen LogP contribution in [-0.2, 0) is 81.0 Å². The summed E-state index contributed by atoms with van der Waals surface area (Å²) in [6.07, 6.45) is 32.6. The van der Waals surface area contributed by atoms with Gasteiger partial charge < -0.3 is 52.8 Å². The molecule has 18 saturated carbocycles. The summed E-state index contributed by atoms with van der Waals surface area (Å²) < 4.78 is 52.0. The molecule has 0 aromatic rings. The molecular formula is C109H200O19. The van der Waals surface area contributed by atoms with Crippen molar-refractivity contribution in [1.82, 2.24) is 0 Å². The predicted molar refractivity (Wildman–Crippen MR) is 517 cm³/mol. The topological polar surface area (TPSA) is 260 Å². The van der Waals surface area contributed by atoms with Crippen molar-refractivity contribution in [2.75, 3.05) is 0 Å². The number of carbonyl (C=O) groups excluding carboxylic acids is 8. The van der Waals surface area contributed by atoms with Gasteiger partial charge in [0.1, 0.15) is 40.7 Å². The first-order valence-corrected chi connectivity index (χ1v) is 47.1. The molecule has 22 aliphatic rings. The molecule has 21 unspecified atom stereocenters. The summed E-state index contributed by atoms with van der Waals surface area (Å²) in [6.45, 7) is 40.0. The van der Waals surface area contributed by atoms with Gasteiger partial charge in [-0.2, -0.15) is 0 Å². The summed E-state index contributed by atoms with van der Waals surface area (Å²) in [5.41, 5.74) is -4.54. The van der Waals surface area contributed by atoms with Crippen LogP contribution in [0, 0.1) is 139 Å². The number of hydrogen-bond acceptors (Lipinski definition) is 19. The molecule has 22 rings (SSSR count). The summed E-state index contributed by atoms with van der Waals surface area (Å²) in [5.74, 6) is 10.5. The number of esters is 8. The molecule has 0 aromatic carbocycles. The van der Waals surface area contributed by atoms with E-state index in [-0.39, 0.29) is 206 Å². The molecule has 0 radical (unpaired) electrons. The standard InChI is InChI=1S/C20H32O2.C18H30O2.2C16H26O3.C14H20O4.C13H18O5.12CH4/c1-5-19(3,4)18(21)22-20(6-2)11-14-10-15(20)17-13-8-7-12(9-13)16(14)17;1-5-17(3,4)16(19)20-18(6-2)14-8-12-7-13(10-14)11-15(18)9-12;2*1-4-14(2,3)13(17)19-16-8-11-5-12(9-16)7-15(18,6-11)10-16;1-4-14(2,3)13(16)18-10-7-5-8-9(6-7)12(15)17-11(8)10;1-4-13(2,3)12(15)18-9-7-5-6-8(16-7)10(9)17-11(6)14;;;;;;;;;;;;/h12-17H,5-11H2,1-4H3;12-15H,5-11H2,1-4H3;2*11-12,18H,4-10H2,1-3H3;7-11H,4-6H2,1-3H3;6-10H,4-5H2,1-3H3;12*1H4. The van der Waals surface area contributed by atoms with Crippen LogP contribution < -0.4 is 0 Å². The maximum Gasteiger partial charge on any atom is 0.312 e. The van der Waals surface area contributed by atoms with Gasteiger partial charge in [-0.1, -0.05) is 145 Å². The summed E-state index contributed by atoms with van der Waals surface area (Å²) in [4.78, 5) is 97.5. The first kappa shape index (κ1) is 120. The highest BCUT2D eigenvalue weighted by atomic mass is 16.7. The van der Waals surface area contributed by atoms with Gasteiger partial charge in [-0.3, -0.25) is 38.4 Å². The molecule has 0 aromatic heterocycles. The molecule has 128 heavy (non-hydrogen) atoms. The number of aliphatic hydroxyl groups is 2. The molecule has 19 heteroatoms. The minimum absolute atomic E-state index is 0. The van der Waals surface area contributed by atoms with Gasteiger partial charge in [0.15, 0.2) is 12.2 Å². The van der Waals surface area contributed by atoms with Crippen LogP contribution in [0.25, 0.3) is 0 Å². The zero-order valence-electron chi connectivity index (χ0n) is 75.0. The predicted octanol–water partition coefficient (Wildman–Crippen LogP) is 26.1. The van der Waals surface area contributed by atoms with E-state index in [0.29, 0.717) is 78.9 Å². The number of ether oxygens (including phenoxy) is 9. The summed E-state index contributed by atoms with van der Waals surface area (Å²) >= 11 is 0. The molecule has 750 valence electrons. The molecule has 21 atom stereocenters. The van der Waals surface area contributed by atoms with Crippen LogP contribution in [0.3, 0.4) is 0 Å². The SMILES string of the molecule is C.C.C.C.C.C.C.C.C.C.C.C.CCC(C)(C)C(=O)OC1(CC)C2CC3CC(C2)CC1C3.CCC(C)(C)C(=O)OC1(CC)CC2CC1C1C3CCC(C3)C21.CCC(C)(C)C(=O)OC12CC3CC(CC(O)(C3)C1)C2.CCC(C)(C)C(=O)OC12CC3CC(CC(O)(C3)C1)C2.CCC(C)(C)C(=O)OC1C2CC3C(=O)OC1C3C2.CCC(C)(C)C(=O)OC1C2CC3C(=O)OC1C3O2. The van der Waals surface area contributed by atoms with Gasteiger partial charge in [-0.15, -0.1) is 0 Å². The van der Waals surface area contributed by atoms with Gasteiger partial charge >= 0.3 is 47.8 Å². The lowest BCUT2D eigenvalue weighted by Gasteiger charge is -2.60. The Morgan fingerprint density at radius 3 is 1.12 bits per heavy atom. The molecule has 0 spiro atoms. The van der Waals surface area contributed by atoms with Crippen LogP contribution in [0.4, 0.5) is 0 Å². The lowest BCUT2D eigenvalue weighted by molar-refractivity contribution is -0.226. The van der Waals surface area contributed by atoms with Crippen molar-refractivity contribution in [2.24, 2.45) is 139 Å². The lowest BCUT2D eigenvalue weighted by atomic mass is 9.49. The van der Waals surface area contributed by atoms with Crippen LogP contribution in [0.5, 0.6) is 0 Å². The van der Waals surface area contributed by atoms with Gasteiger partial charge in [0, 0.05) is 30.6 Å². The third-order valence-electron chi connectivity index (χ3n) is 36.0. The third kappa shape index (κ3) is 22.0. The Balaban J connectivity index is 0.000000511. The van der Waals surface area contributed by atoms with Crippen LogP contribution in [-0.4, -0.2) is 128 Å². The summed E-state index contributed by atoms with van der Waals surface area (Å²) in [7, 11) is 0. The molecule has 19 nitrogen and oxygen atoms in total. The van der Waals surface area contributed by atoms with Crippen LogP contribution in [0.2, 0.25) is 0 Å². The van der Waals surface area contributed by atoms with Crippen molar-refractivity contribution in [2.45, 2.75) is 510 Å². The third-order valence-corrected chi connectivity index (χ3v) is 36.0. The summed E-state index contributed by atoms with van der Waals surface area (Å²) in [5, 5.41) is 21.3. The second-order valence-electron chi connectivity index (χ2n) is 46.1. The molecule has 4 saturated heterocycles. The minimum Gasteiger partial charge on any atom is -0.459 e. The minimum atomic E-state index is -0.555. The molecule has 0 amide bonds. The first-order chi connectivity index (χ1) is 54.2. The number of fused-ring (bicyclic) bond motifs is 11. The molecular weight excluding hydrogens is 1610 g/mol. The lowest BCUT2D eigenvalue weighted by Crippen LogP contribution is -2.61. The highest BCUT2D eigenvalue weighted by molar-refractivity contribution is 5.81. The number of carbonyl (C=O) groups is 8. The second-order valence-corrected chi connectivity index (χ2v) is 46.1. The highest BCUT2D eigenvalue weighted by Crippen LogP contribution is 2.72. The molecule has 2 N–H and O–H groups in total. The number of rotatable bonds is 20. The maximum atomic E-state index is 12.7. The van der Waals surface area contributed by atoms with Gasteiger partial charge in [-0.05, 0) is 359 Å². The Morgan fingerprint density at radius 1 is 0.352 bits per heavy atom. The average molecular weight is 1810 g/mol. The Kier molecular flexibility index (Phi) is 40.1. The van der Waals surface area contributed by atoms with Crippen LogP contribution >= 0.6 is 0 Å². The van der Waals surface area contributed by atoms with E-state index in [1.807, 2.05) is 111 Å². The Morgan fingerprint density at radius 2 is 0.719 bits per heavy atom.